The summed E-state index contributed by atoms with van der Waals surface area (Å²) in [6.45, 7) is 4.26. The Bertz CT molecular complexity index is 963. The second kappa shape index (κ2) is 8.94. The molecule has 2 heterocycles. The molecule has 0 unspecified atom stereocenters. The first-order valence-corrected chi connectivity index (χ1v) is 9.77. The molecule has 1 atom stereocenters. The number of aromatic nitrogens is 4. The molecule has 0 saturated heterocycles. The van der Waals surface area contributed by atoms with Gasteiger partial charge in [-0.25, -0.2) is 9.66 Å². The van der Waals surface area contributed by atoms with E-state index in [4.69, 9.17) is 22.2 Å². The van der Waals surface area contributed by atoms with E-state index in [0.717, 1.165) is 11.3 Å². The van der Waals surface area contributed by atoms with E-state index in [0.29, 0.717) is 23.3 Å². The van der Waals surface area contributed by atoms with Crippen LogP contribution in [0.5, 0.6) is 5.75 Å². The number of amides is 1. The molecule has 0 aliphatic carbocycles. The highest BCUT2D eigenvalue weighted by Gasteiger charge is 2.20. The van der Waals surface area contributed by atoms with Crippen molar-refractivity contribution in [3.8, 4) is 17.1 Å². The average molecular weight is 419 g/mol. The van der Waals surface area contributed by atoms with Crippen molar-refractivity contribution in [1.82, 2.24) is 19.9 Å². The molecule has 0 spiro atoms. The number of anilines is 1. The minimum absolute atomic E-state index is 0.229. The van der Waals surface area contributed by atoms with Crippen LogP contribution in [0.1, 0.15) is 13.8 Å². The van der Waals surface area contributed by atoms with Crippen molar-refractivity contribution in [3.63, 3.8) is 0 Å². The van der Waals surface area contributed by atoms with Gasteiger partial charge in [-0.2, -0.15) is 0 Å². The molecular weight excluding hydrogens is 400 g/mol. The molecule has 0 radical (unpaired) electrons. The summed E-state index contributed by atoms with van der Waals surface area (Å²) in [5, 5.41) is 11.1. The lowest BCUT2D eigenvalue weighted by molar-refractivity contribution is -0.115. The van der Waals surface area contributed by atoms with Crippen molar-refractivity contribution in [2.45, 2.75) is 24.3 Å². The van der Waals surface area contributed by atoms with E-state index in [1.807, 2.05) is 31.2 Å². The molecule has 0 aliphatic rings. The lowest BCUT2D eigenvalue weighted by Crippen LogP contribution is -2.24. The van der Waals surface area contributed by atoms with Gasteiger partial charge in [0.1, 0.15) is 5.75 Å². The van der Waals surface area contributed by atoms with Crippen LogP contribution in [-0.4, -0.2) is 37.6 Å². The van der Waals surface area contributed by atoms with E-state index in [2.05, 4.69) is 20.5 Å². The number of carbonyl (C=O) groups is 1. The summed E-state index contributed by atoms with van der Waals surface area (Å²) in [5.74, 6) is 7.15. The Kier molecular flexibility index (Phi) is 6.37. The molecule has 0 bridgehead atoms. The Hall–Kier alpha value is -2.78. The normalized spacial score (nSPS) is 11.8. The number of hydrogen-bond donors (Lipinski definition) is 2. The summed E-state index contributed by atoms with van der Waals surface area (Å²) < 4.78 is 6.79. The highest BCUT2D eigenvalue weighted by atomic mass is 35.5. The third-order valence-corrected chi connectivity index (χ3v) is 5.11. The largest absolute Gasteiger partial charge is 0.494 e. The number of ether oxygens (including phenoxy) is 1. The Morgan fingerprint density at radius 1 is 1.32 bits per heavy atom. The quantitative estimate of drug-likeness (QED) is 0.344. The Morgan fingerprint density at radius 2 is 2.07 bits per heavy atom. The third kappa shape index (κ3) is 4.55. The summed E-state index contributed by atoms with van der Waals surface area (Å²) in [6.07, 6.45) is 1.55. The molecule has 2 aromatic heterocycles. The molecule has 28 heavy (non-hydrogen) atoms. The van der Waals surface area contributed by atoms with Gasteiger partial charge in [0.2, 0.25) is 11.1 Å². The number of nitrogens with one attached hydrogen (secondary N) is 1. The number of hydrogen-bond acceptors (Lipinski definition) is 7. The van der Waals surface area contributed by atoms with Gasteiger partial charge in [-0.1, -0.05) is 23.4 Å². The van der Waals surface area contributed by atoms with E-state index in [1.165, 1.54) is 16.4 Å². The number of rotatable bonds is 7. The number of nitrogen functional groups attached to an aromatic ring is 1. The van der Waals surface area contributed by atoms with Gasteiger partial charge in [-0.3, -0.25) is 4.79 Å². The molecule has 1 amide bonds. The van der Waals surface area contributed by atoms with Gasteiger partial charge in [0.15, 0.2) is 11.0 Å². The summed E-state index contributed by atoms with van der Waals surface area (Å²) >= 11 is 7.17. The molecule has 146 valence electrons. The van der Waals surface area contributed by atoms with Gasteiger partial charge in [-0.15, -0.1) is 10.2 Å². The van der Waals surface area contributed by atoms with Crippen LogP contribution in [0.3, 0.4) is 0 Å². The highest BCUT2D eigenvalue weighted by Crippen LogP contribution is 2.27. The van der Waals surface area contributed by atoms with Gasteiger partial charge in [0, 0.05) is 11.8 Å². The number of nitrogens with zero attached hydrogens (tertiary/aromatic N) is 4. The number of nitrogens with two attached hydrogens (primary N) is 1. The lowest BCUT2D eigenvalue weighted by atomic mass is 10.2. The summed E-state index contributed by atoms with van der Waals surface area (Å²) in [4.78, 5) is 16.4. The first-order valence-electron chi connectivity index (χ1n) is 8.51. The molecule has 0 saturated carbocycles. The van der Waals surface area contributed by atoms with Gasteiger partial charge >= 0.3 is 0 Å². The van der Waals surface area contributed by atoms with Gasteiger partial charge in [0.05, 0.1) is 17.5 Å². The van der Waals surface area contributed by atoms with Crippen LogP contribution >= 0.6 is 23.4 Å². The van der Waals surface area contributed by atoms with Crippen LogP contribution in [0, 0.1) is 0 Å². The fraction of sp³-hybridized carbons (Fsp3) is 0.222. The second-order valence-corrected chi connectivity index (χ2v) is 7.39. The zero-order chi connectivity index (χ0) is 20.1. The minimum Gasteiger partial charge on any atom is -0.494 e. The van der Waals surface area contributed by atoms with E-state index >= 15 is 0 Å². The number of thioether (sulfide) groups is 1. The molecule has 1 aromatic carbocycles. The summed E-state index contributed by atoms with van der Waals surface area (Å²) in [6, 6.07) is 10.8. The third-order valence-electron chi connectivity index (χ3n) is 3.76. The zero-order valence-corrected chi connectivity index (χ0v) is 16.9. The van der Waals surface area contributed by atoms with Crippen LogP contribution in [0.25, 0.3) is 11.4 Å². The van der Waals surface area contributed by atoms with Gasteiger partial charge < -0.3 is 15.9 Å². The predicted octanol–water partition coefficient (Wildman–Crippen LogP) is 3.23. The maximum absolute atomic E-state index is 12.4. The van der Waals surface area contributed by atoms with Crippen molar-refractivity contribution >= 4 is 35.0 Å². The molecule has 3 aromatic rings. The van der Waals surface area contributed by atoms with Gasteiger partial charge in [-0.05, 0) is 50.2 Å². The van der Waals surface area contributed by atoms with E-state index in [9.17, 15) is 4.79 Å². The first kappa shape index (κ1) is 20.0. The van der Waals surface area contributed by atoms with Crippen molar-refractivity contribution in [3.05, 3.63) is 47.7 Å². The smallest absolute Gasteiger partial charge is 0.237 e. The highest BCUT2D eigenvalue weighted by molar-refractivity contribution is 8.00. The fourth-order valence-corrected chi connectivity index (χ4v) is 3.28. The van der Waals surface area contributed by atoms with Crippen molar-refractivity contribution in [2.24, 2.45) is 0 Å². The summed E-state index contributed by atoms with van der Waals surface area (Å²) in [5.41, 5.74) is 1.25. The molecule has 3 N–H and O–H groups in total. The molecule has 0 aliphatic heterocycles. The minimum atomic E-state index is -0.476. The Morgan fingerprint density at radius 3 is 2.75 bits per heavy atom. The average Bonchev–Trinajstić information content (AvgIpc) is 3.05. The monoisotopic (exact) mass is 418 g/mol. The van der Waals surface area contributed by atoms with Crippen LogP contribution in [-0.2, 0) is 4.79 Å². The van der Waals surface area contributed by atoms with Crippen molar-refractivity contribution in [1.29, 1.82) is 0 Å². The summed E-state index contributed by atoms with van der Waals surface area (Å²) in [7, 11) is 0. The number of pyridine rings is 1. The first-order chi connectivity index (χ1) is 13.5. The van der Waals surface area contributed by atoms with Gasteiger partial charge in [0.25, 0.3) is 0 Å². The van der Waals surface area contributed by atoms with Crippen LogP contribution in [0.2, 0.25) is 5.15 Å². The molecule has 8 nitrogen and oxygen atoms in total. The zero-order valence-electron chi connectivity index (χ0n) is 15.3. The predicted molar refractivity (Wildman–Crippen MR) is 110 cm³/mol. The Balaban J connectivity index is 1.69. The van der Waals surface area contributed by atoms with E-state index in [-0.39, 0.29) is 11.1 Å². The van der Waals surface area contributed by atoms with E-state index < -0.39 is 5.25 Å². The molecule has 0 fully saturated rings. The Labute approximate surface area is 171 Å². The standard InChI is InChI=1S/C18H19ClN6O2S/c1-3-27-13-8-6-12(7-9-13)16-23-24-18(25(16)20)28-11(2)17(26)22-14-5-4-10-21-15(14)19/h4-11H,3,20H2,1-2H3,(H,22,26)/t11-/m1/s1. The SMILES string of the molecule is CCOc1ccc(-c2nnc(S[C@H](C)C(=O)Nc3cccnc3Cl)n2N)cc1. The topological polar surface area (TPSA) is 108 Å². The molecule has 10 heteroatoms. The van der Waals surface area contributed by atoms with Crippen LogP contribution in [0.15, 0.2) is 47.8 Å². The van der Waals surface area contributed by atoms with E-state index in [1.54, 1.807) is 25.3 Å². The van der Waals surface area contributed by atoms with Crippen molar-refractivity contribution in [2.75, 3.05) is 17.8 Å². The van der Waals surface area contributed by atoms with Crippen molar-refractivity contribution < 1.29 is 9.53 Å². The molecule has 3 rings (SSSR count). The lowest BCUT2D eigenvalue weighted by Gasteiger charge is -2.12. The number of halogens is 1. The maximum atomic E-state index is 12.4. The maximum Gasteiger partial charge on any atom is 0.237 e. The van der Waals surface area contributed by atoms with Crippen LogP contribution < -0.4 is 15.9 Å². The number of benzene rings is 1. The number of carbonyl (C=O) groups excluding carboxylic acids is 1. The van der Waals surface area contributed by atoms with Crippen LogP contribution in [0.4, 0.5) is 5.69 Å². The fourth-order valence-electron chi connectivity index (χ4n) is 2.35. The molecular formula is C18H19ClN6O2S. The second-order valence-electron chi connectivity index (χ2n) is 5.72.